The Bertz CT molecular complexity index is 1020. The zero-order valence-electron chi connectivity index (χ0n) is 13.5. The van der Waals surface area contributed by atoms with E-state index in [0.29, 0.717) is 0 Å². The largest absolute Gasteiger partial charge is 0.309 e. The standard InChI is InChI=1S/C17H15N5S2/c1-10-18-15-13(9-14(23-15)12-7-5-4-6-8-12)16(19-10)24-17-21-20-11(2)22(17)3/h4-9H,1-3H3. The minimum Gasteiger partial charge on any atom is -0.309 e. The summed E-state index contributed by atoms with van der Waals surface area (Å²) in [5.74, 6) is 1.65. The number of benzene rings is 1. The number of thiophene rings is 1. The topological polar surface area (TPSA) is 56.5 Å². The summed E-state index contributed by atoms with van der Waals surface area (Å²) in [5, 5.41) is 11.2. The molecule has 3 aromatic heterocycles. The molecule has 1 aromatic carbocycles. The Morgan fingerprint density at radius 1 is 1.04 bits per heavy atom. The Morgan fingerprint density at radius 2 is 1.83 bits per heavy atom. The summed E-state index contributed by atoms with van der Waals surface area (Å²) in [5.41, 5.74) is 1.20. The van der Waals surface area contributed by atoms with E-state index in [-0.39, 0.29) is 0 Å². The van der Waals surface area contributed by atoms with Gasteiger partial charge in [-0.3, -0.25) is 0 Å². The van der Waals surface area contributed by atoms with Crippen LogP contribution in [-0.2, 0) is 7.05 Å². The average Bonchev–Trinajstić information content (AvgIpc) is 3.14. The molecule has 0 spiro atoms. The van der Waals surface area contributed by atoms with E-state index >= 15 is 0 Å². The number of aromatic nitrogens is 5. The molecule has 0 unspecified atom stereocenters. The maximum atomic E-state index is 4.63. The zero-order valence-corrected chi connectivity index (χ0v) is 15.1. The molecule has 5 nitrogen and oxygen atoms in total. The zero-order chi connectivity index (χ0) is 16.7. The van der Waals surface area contributed by atoms with E-state index in [4.69, 9.17) is 0 Å². The third-order valence-corrected chi connectivity index (χ3v) is 5.89. The number of aryl methyl sites for hydroxylation is 2. The van der Waals surface area contributed by atoms with E-state index in [1.165, 1.54) is 22.2 Å². The fourth-order valence-corrected chi connectivity index (χ4v) is 4.50. The highest BCUT2D eigenvalue weighted by molar-refractivity contribution is 7.99. The van der Waals surface area contributed by atoms with Crippen molar-refractivity contribution in [2.45, 2.75) is 24.0 Å². The first kappa shape index (κ1) is 15.3. The lowest BCUT2D eigenvalue weighted by molar-refractivity contribution is 0.764. The molecule has 0 saturated heterocycles. The minimum atomic E-state index is 0.769. The van der Waals surface area contributed by atoms with E-state index in [9.17, 15) is 0 Å². The third-order valence-electron chi connectivity index (χ3n) is 3.77. The molecule has 0 aliphatic carbocycles. The SMILES string of the molecule is Cc1nc(Sc2nnc(C)n2C)c2cc(-c3ccccc3)sc2n1. The van der Waals surface area contributed by atoms with Crippen molar-refractivity contribution in [1.82, 2.24) is 24.7 Å². The fourth-order valence-electron chi connectivity index (χ4n) is 2.38. The molecule has 4 aromatic rings. The smallest absolute Gasteiger partial charge is 0.197 e. The van der Waals surface area contributed by atoms with Crippen LogP contribution in [0.5, 0.6) is 0 Å². The molecular formula is C17H15N5S2. The lowest BCUT2D eigenvalue weighted by atomic mass is 10.2. The Hall–Kier alpha value is -2.25. The van der Waals surface area contributed by atoms with Crippen LogP contribution in [0.4, 0.5) is 0 Å². The Kier molecular flexibility index (Phi) is 3.82. The molecule has 7 heteroatoms. The van der Waals surface area contributed by atoms with Crippen LogP contribution in [0.25, 0.3) is 20.7 Å². The maximum absolute atomic E-state index is 4.63. The molecule has 0 atom stereocenters. The molecule has 0 amide bonds. The summed E-state index contributed by atoms with van der Waals surface area (Å²) in [6, 6.07) is 12.5. The number of hydrogen-bond donors (Lipinski definition) is 0. The first-order valence-corrected chi connectivity index (χ1v) is 9.12. The first-order chi connectivity index (χ1) is 11.6. The third kappa shape index (κ3) is 2.70. The molecule has 4 rings (SSSR count). The van der Waals surface area contributed by atoms with E-state index < -0.39 is 0 Å². The Balaban J connectivity index is 1.83. The minimum absolute atomic E-state index is 0.769. The molecule has 3 heterocycles. The van der Waals surface area contributed by atoms with Crippen molar-refractivity contribution in [3.8, 4) is 10.4 Å². The van der Waals surface area contributed by atoms with Gasteiger partial charge in [0.25, 0.3) is 0 Å². The predicted molar refractivity (Wildman–Crippen MR) is 97.5 cm³/mol. The number of hydrogen-bond acceptors (Lipinski definition) is 6. The van der Waals surface area contributed by atoms with E-state index in [1.807, 2.05) is 31.5 Å². The van der Waals surface area contributed by atoms with Crippen molar-refractivity contribution in [1.29, 1.82) is 0 Å². The summed E-state index contributed by atoms with van der Waals surface area (Å²) < 4.78 is 1.97. The highest BCUT2D eigenvalue weighted by Crippen LogP contribution is 2.38. The number of fused-ring (bicyclic) bond motifs is 1. The Morgan fingerprint density at radius 3 is 2.54 bits per heavy atom. The first-order valence-electron chi connectivity index (χ1n) is 7.49. The van der Waals surface area contributed by atoms with Crippen LogP contribution >= 0.6 is 23.1 Å². The van der Waals surface area contributed by atoms with Gasteiger partial charge in [-0.2, -0.15) is 0 Å². The fraction of sp³-hybridized carbons (Fsp3) is 0.176. The summed E-state index contributed by atoms with van der Waals surface area (Å²) >= 11 is 3.22. The molecule has 0 aliphatic heterocycles. The van der Waals surface area contributed by atoms with Crippen molar-refractivity contribution < 1.29 is 0 Å². The normalized spacial score (nSPS) is 11.3. The van der Waals surface area contributed by atoms with Crippen LogP contribution < -0.4 is 0 Å². The van der Waals surface area contributed by atoms with Crippen molar-refractivity contribution in [3.63, 3.8) is 0 Å². The number of rotatable bonds is 3. The monoisotopic (exact) mass is 353 g/mol. The van der Waals surface area contributed by atoms with Crippen LogP contribution in [0.15, 0.2) is 46.6 Å². The van der Waals surface area contributed by atoms with Crippen LogP contribution in [0, 0.1) is 13.8 Å². The van der Waals surface area contributed by atoms with Crippen molar-refractivity contribution >= 4 is 33.3 Å². The van der Waals surface area contributed by atoms with Gasteiger partial charge in [0.15, 0.2) is 5.16 Å². The van der Waals surface area contributed by atoms with Gasteiger partial charge in [0.1, 0.15) is 21.5 Å². The summed E-state index contributed by atoms with van der Waals surface area (Å²) in [7, 11) is 1.96. The van der Waals surface area contributed by atoms with Gasteiger partial charge in [-0.25, -0.2) is 9.97 Å². The molecule has 0 aliphatic rings. The second kappa shape index (κ2) is 5.99. The summed E-state index contributed by atoms with van der Waals surface area (Å²) in [4.78, 5) is 11.4. The van der Waals surface area contributed by atoms with Crippen LogP contribution in [0.1, 0.15) is 11.6 Å². The van der Waals surface area contributed by atoms with Crippen LogP contribution in [0.3, 0.4) is 0 Å². The van der Waals surface area contributed by atoms with Gasteiger partial charge in [-0.1, -0.05) is 30.3 Å². The van der Waals surface area contributed by atoms with Crippen molar-refractivity contribution in [2.24, 2.45) is 7.05 Å². The maximum Gasteiger partial charge on any atom is 0.197 e. The van der Waals surface area contributed by atoms with E-state index in [1.54, 1.807) is 11.3 Å². The lowest BCUT2D eigenvalue weighted by Crippen LogP contribution is -1.95. The van der Waals surface area contributed by atoms with Gasteiger partial charge in [0.05, 0.1) is 0 Å². The van der Waals surface area contributed by atoms with Gasteiger partial charge in [0, 0.05) is 17.3 Å². The lowest BCUT2D eigenvalue weighted by Gasteiger charge is -2.03. The van der Waals surface area contributed by atoms with Gasteiger partial charge >= 0.3 is 0 Å². The van der Waals surface area contributed by atoms with Crippen molar-refractivity contribution in [3.05, 3.63) is 48.0 Å². The predicted octanol–water partition coefficient (Wildman–Crippen LogP) is 4.25. The van der Waals surface area contributed by atoms with Crippen LogP contribution in [-0.4, -0.2) is 24.7 Å². The molecular weight excluding hydrogens is 338 g/mol. The van der Waals surface area contributed by atoms with Crippen molar-refractivity contribution in [2.75, 3.05) is 0 Å². The molecule has 0 radical (unpaired) electrons. The number of nitrogens with zero attached hydrogens (tertiary/aromatic N) is 5. The average molecular weight is 353 g/mol. The second-order valence-electron chi connectivity index (χ2n) is 5.46. The van der Waals surface area contributed by atoms with Gasteiger partial charge in [0.2, 0.25) is 0 Å². The highest BCUT2D eigenvalue weighted by Gasteiger charge is 2.15. The van der Waals surface area contributed by atoms with Crippen LogP contribution in [0.2, 0.25) is 0 Å². The summed E-state index contributed by atoms with van der Waals surface area (Å²) in [6.07, 6.45) is 0. The van der Waals surface area contributed by atoms with E-state index in [2.05, 4.69) is 50.5 Å². The molecule has 0 bridgehead atoms. The molecule has 0 N–H and O–H groups in total. The van der Waals surface area contributed by atoms with Gasteiger partial charge in [-0.15, -0.1) is 21.5 Å². The quantitative estimate of drug-likeness (QED) is 0.515. The van der Waals surface area contributed by atoms with Gasteiger partial charge < -0.3 is 4.57 Å². The van der Waals surface area contributed by atoms with E-state index in [0.717, 1.165) is 32.0 Å². The summed E-state index contributed by atoms with van der Waals surface area (Å²) in [6.45, 7) is 3.86. The Labute approximate surface area is 147 Å². The molecule has 120 valence electrons. The highest BCUT2D eigenvalue weighted by atomic mass is 32.2. The molecule has 0 saturated carbocycles. The molecule has 24 heavy (non-hydrogen) atoms. The molecule has 0 fully saturated rings. The second-order valence-corrected chi connectivity index (χ2v) is 7.45. The van der Waals surface area contributed by atoms with Gasteiger partial charge in [-0.05, 0) is 37.2 Å².